The van der Waals surface area contributed by atoms with Crippen LogP contribution in [0.3, 0.4) is 0 Å². The molecule has 0 aliphatic carbocycles. The first-order valence-electron chi connectivity index (χ1n) is 8.50. The Hall–Kier alpha value is -2.72. The van der Waals surface area contributed by atoms with E-state index in [0.717, 1.165) is 20.6 Å². The summed E-state index contributed by atoms with van der Waals surface area (Å²) in [5.74, 6) is -0.746. The number of rotatable bonds is 7. The lowest BCUT2D eigenvalue weighted by molar-refractivity contribution is -0.119. The van der Waals surface area contributed by atoms with E-state index in [4.69, 9.17) is 0 Å². The minimum absolute atomic E-state index is 0.170. The van der Waals surface area contributed by atoms with Gasteiger partial charge in [0.2, 0.25) is 15.9 Å². The first-order valence-corrected chi connectivity index (χ1v) is 11.1. The van der Waals surface area contributed by atoms with Crippen LogP contribution in [0.25, 0.3) is 0 Å². The number of nitrogens with one attached hydrogen (secondary N) is 2. The largest absolute Gasteiger partial charge is 0.326 e. The summed E-state index contributed by atoms with van der Waals surface area (Å²) in [6, 6.07) is 13.5. The number of amides is 2. The maximum Gasteiger partial charge on any atom is 0.260 e. The van der Waals surface area contributed by atoms with Crippen molar-refractivity contribution in [1.82, 2.24) is 5.43 Å². The van der Waals surface area contributed by atoms with Crippen LogP contribution in [0.4, 0.5) is 11.4 Å². The van der Waals surface area contributed by atoms with E-state index in [2.05, 4.69) is 31.8 Å². The van der Waals surface area contributed by atoms with Crippen molar-refractivity contribution in [1.29, 1.82) is 0 Å². The Morgan fingerprint density at radius 1 is 1.03 bits per heavy atom. The molecule has 0 aliphatic heterocycles. The second-order valence-corrected chi connectivity index (χ2v) is 9.06. The third-order valence-corrected chi connectivity index (χ3v) is 5.44. The molecule has 0 heterocycles. The predicted molar refractivity (Wildman–Crippen MR) is 117 cm³/mol. The molecule has 0 fully saturated rings. The van der Waals surface area contributed by atoms with Crippen LogP contribution in [0.2, 0.25) is 0 Å². The average Bonchev–Trinajstić information content (AvgIpc) is 2.64. The summed E-state index contributed by atoms with van der Waals surface area (Å²) in [6.07, 6.45) is 1.04. The molecule has 0 saturated carbocycles. The highest BCUT2D eigenvalue weighted by Gasteiger charge is 2.20. The number of carbonyl (C=O) groups is 2. The smallest absolute Gasteiger partial charge is 0.260 e. The van der Waals surface area contributed by atoms with Crippen molar-refractivity contribution in [2.75, 3.05) is 22.4 Å². The lowest BCUT2D eigenvalue weighted by Gasteiger charge is -2.21. The lowest BCUT2D eigenvalue weighted by atomic mass is 10.1. The molecule has 29 heavy (non-hydrogen) atoms. The number of hydrogen-bond donors (Lipinski definition) is 2. The van der Waals surface area contributed by atoms with Gasteiger partial charge in [-0.3, -0.25) is 13.9 Å². The Morgan fingerprint density at radius 2 is 1.62 bits per heavy atom. The van der Waals surface area contributed by atoms with Gasteiger partial charge in [-0.1, -0.05) is 28.1 Å². The van der Waals surface area contributed by atoms with Crippen LogP contribution in [-0.4, -0.2) is 38.7 Å². The Morgan fingerprint density at radius 3 is 2.14 bits per heavy atom. The Kier molecular flexibility index (Phi) is 7.52. The summed E-state index contributed by atoms with van der Waals surface area (Å²) in [7, 11) is -3.66. The van der Waals surface area contributed by atoms with E-state index >= 15 is 0 Å². The van der Waals surface area contributed by atoms with E-state index in [1.807, 2.05) is 0 Å². The SMILES string of the molecule is CC(=O)Nc1ccc(/C(C)=N\NC(=O)CN(c2ccc(Br)cc2)S(C)(=O)=O)cc1. The fourth-order valence-electron chi connectivity index (χ4n) is 2.38. The van der Waals surface area contributed by atoms with Gasteiger partial charge in [0.05, 0.1) is 17.7 Å². The zero-order chi connectivity index (χ0) is 21.6. The number of hydrogen-bond acceptors (Lipinski definition) is 5. The Balaban J connectivity index is 2.07. The molecular formula is C19H21BrN4O4S. The van der Waals surface area contributed by atoms with Crippen LogP contribution < -0.4 is 15.0 Å². The molecule has 0 atom stereocenters. The van der Waals surface area contributed by atoms with Crippen molar-refractivity contribution in [3.63, 3.8) is 0 Å². The third-order valence-electron chi connectivity index (χ3n) is 3.77. The molecule has 8 nitrogen and oxygen atoms in total. The zero-order valence-corrected chi connectivity index (χ0v) is 18.5. The Bertz CT molecular complexity index is 1020. The number of carbonyl (C=O) groups excluding carboxylic acids is 2. The second kappa shape index (κ2) is 9.66. The zero-order valence-electron chi connectivity index (χ0n) is 16.1. The highest BCUT2D eigenvalue weighted by atomic mass is 79.9. The van der Waals surface area contributed by atoms with Crippen LogP contribution in [0.1, 0.15) is 19.4 Å². The number of benzene rings is 2. The number of nitrogens with zero attached hydrogens (tertiary/aromatic N) is 2. The minimum Gasteiger partial charge on any atom is -0.326 e. The summed E-state index contributed by atoms with van der Waals surface area (Å²) in [6.45, 7) is 2.72. The van der Waals surface area contributed by atoms with Crippen molar-refractivity contribution in [2.24, 2.45) is 5.10 Å². The van der Waals surface area contributed by atoms with Gasteiger partial charge in [0.1, 0.15) is 6.54 Å². The van der Waals surface area contributed by atoms with Gasteiger partial charge in [-0.2, -0.15) is 5.10 Å². The quantitative estimate of drug-likeness (QED) is 0.468. The molecule has 2 rings (SSSR count). The molecule has 154 valence electrons. The molecule has 10 heteroatoms. The fourth-order valence-corrected chi connectivity index (χ4v) is 3.50. The van der Waals surface area contributed by atoms with E-state index in [0.29, 0.717) is 17.1 Å². The highest BCUT2D eigenvalue weighted by Crippen LogP contribution is 2.20. The number of halogens is 1. The van der Waals surface area contributed by atoms with Gasteiger partial charge in [0.25, 0.3) is 5.91 Å². The van der Waals surface area contributed by atoms with Gasteiger partial charge in [-0.15, -0.1) is 0 Å². The van der Waals surface area contributed by atoms with Gasteiger partial charge in [0.15, 0.2) is 0 Å². The summed E-state index contributed by atoms with van der Waals surface area (Å²) in [5.41, 5.74) is 4.67. The second-order valence-electron chi connectivity index (χ2n) is 6.24. The monoisotopic (exact) mass is 480 g/mol. The van der Waals surface area contributed by atoms with E-state index in [-0.39, 0.29) is 5.91 Å². The van der Waals surface area contributed by atoms with Gasteiger partial charge in [-0.05, 0) is 48.9 Å². The summed E-state index contributed by atoms with van der Waals surface area (Å²) < 4.78 is 26.0. The van der Waals surface area contributed by atoms with E-state index in [1.54, 1.807) is 55.5 Å². The van der Waals surface area contributed by atoms with Crippen LogP contribution in [0.5, 0.6) is 0 Å². The van der Waals surface area contributed by atoms with Crippen LogP contribution in [0.15, 0.2) is 58.1 Å². The van der Waals surface area contributed by atoms with Gasteiger partial charge < -0.3 is 5.32 Å². The van der Waals surface area contributed by atoms with E-state index < -0.39 is 22.5 Å². The molecule has 0 saturated heterocycles. The van der Waals surface area contributed by atoms with Gasteiger partial charge in [-0.25, -0.2) is 13.8 Å². The van der Waals surface area contributed by atoms with Crippen LogP contribution in [0, 0.1) is 0 Å². The van der Waals surface area contributed by atoms with Crippen molar-refractivity contribution in [2.45, 2.75) is 13.8 Å². The molecule has 0 radical (unpaired) electrons. The topological polar surface area (TPSA) is 108 Å². The van der Waals surface area contributed by atoms with Crippen LogP contribution in [-0.2, 0) is 19.6 Å². The van der Waals surface area contributed by atoms with Crippen molar-refractivity contribution < 1.29 is 18.0 Å². The molecule has 2 amide bonds. The number of hydrazone groups is 1. The predicted octanol–water partition coefficient (Wildman–Crippen LogP) is 2.71. The lowest BCUT2D eigenvalue weighted by Crippen LogP contribution is -2.39. The number of anilines is 2. The first-order chi connectivity index (χ1) is 13.6. The van der Waals surface area contributed by atoms with Crippen molar-refractivity contribution >= 4 is 54.9 Å². The van der Waals surface area contributed by atoms with Gasteiger partial charge >= 0.3 is 0 Å². The maximum atomic E-state index is 12.3. The summed E-state index contributed by atoms with van der Waals surface area (Å²) in [4.78, 5) is 23.3. The first kappa shape index (κ1) is 22.6. The molecule has 0 spiro atoms. The van der Waals surface area contributed by atoms with E-state index in [1.165, 1.54) is 6.92 Å². The van der Waals surface area contributed by atoms with E-state index in [9.17, 15) is 18.0 Å². The number of sulfonamides is 1. The fraction of sp³-hybridized carbons (Fsp3) is 0.211. The standard InChI is InChI=1S/C19H21BrN4O4S/c1-13(15-4-8-17(9-5-15)21-14(2)25)22-23-19(26)12-24(29(3,27)28)18-10-6-16(20)7-11-18/h4-11H,12H2,1-3H3,(H,21,25)(H,23,26)/b22-13-. The third kappa shape index (κ3) is 6.99. The summed E-state index contributed by atoms with van der Waals surface area (Å²) in [5, 5.41) is 6.69. The molecule has 0 bridgehead atoms. The molecular weight excluding hydrogens is 460 g/mol. The molecule has 2 aromatic carbocycles. The molecule has 0 aromatic heterocycles. The van der Waals surface area contributed by atoms with Crippen molar-refractivity contribution in [3.8, 4) is 0 Å². The normalized spacial score (nSPS) is 11.7. The summed E-state index contributed by atoms with van der Waals surface area (Å²) >= 11 is 3.29. The molecule has 0 aliphatic rings. The molecule has 2 N–H and O–H groups in total. The molecule has 2 aromatic rings. The highest BCUT2D eigenvalue weighted by molar-refractivity contribution is 9.10. The van der Waals surface area contributed by atoms with Crippen LogP contribution >= 0.6 is 15.9 Å². The molecule has 0 unspecified atom stereocenters. The van der Waals surface area contributed by atoms with Gasteiger partial charge in [0, 0.05) is 17.1 Å². The Labute approximate surface area is 178 Å². The maximum absolute atomic E-state index is 12.3. The average molecular weight is 481 g/mol. The minimum atomic E-state index is -3.66. The van der Waals surface area contributed by atoms with Crippen molar-refractivity contribution in [3.05, 3.63) is 58.6 Å².